The largest absolute Gasteiger partial charge is 0.367 e. The van der Waals surface area contributed by atoms with Crippen molar-refractivity contribution in [2.45, 2.75) is 0 Å². The first kappa shape index (κ1) is 9.21. The van der Waals surface area contributed by atoms with Gasteiger partial charge in [0.25, 0.3) is 0 Å². The fourth-order valence-corrected chi connectivity index (χ4v) is 1.73. The maximum atomic E-state index is 11.9. The molecular weight excluding hydrogens is 242 g/mol. The number of aromatic amines is 1. The topological polar surface area (TPSA) is 32.9 Å². The van der Waals surface area contributed by atoms with Crippen LogP contribution in [0.5, 0.6) is 0 Å². The molecular formula is C11H8BrNO. The minimum atomic E-state index is 0.0266. The quantitative estimate of drug-likeness (QED) is 0.816. The van der Waals surface area contributed by atoms with Crippen LogP contribution >= 0.6 is 15.9 Å². The van der Waals surface area contributed by atoms with Gasteiger partial charge in [-0.1, -0.05) is 28.1 Å². The van der Waals surface area contributed by atoms with Crippen LogP contribution in [0.15, 0.2) is 47.2 Å². The molecule has 14 heavy (non-hydrogen) atoms. The standard InChI is InChI=1S/C11H8BrNO/c12-10-4-2-1-3-9(10)11(14)8-5-6-13-7-8/h1-7,13H. The highest BCUT2D eigenvalue weighted by molar-refractivity contribution is 9.10. The van der Waals surface area contributed by atoms with Crippen LogP contribution < -0.4 is 0 Å². The summed E-state index contributed by atoms with van der Waals surface area (Å²) in [5, 5.41) is 0. The highest BCUT2D eigenvalue weighted by atomic mass is 79.9. The maximum Gasteiger partial charge on any atom is 0.195 e. The Bertz CT molecular complexity index is 448. The molecule has 3 heteroatoms. The first-order valence-corrected chi connectivity index (χ1v) is 5.00. The van der Waals surface area contributed by atoms with E-state index in [0.717, 1.165) is 4.47 Å². The molecule has 0 atom stereocenters. The summed E-state index contributed by atoms with van der Waals surface area (Å²) >= 11 is 3.35. The van der Waals surface area contributed by atoms with E-state index in [9.17, 15) is 4.79 Å². The minimum Gasteiger partial charge on any atom is -0.367 e. The van der Waals surface area contributed by atoms with E-state index < -0.39 is 0 Å². The van der Waals surface area contributed by atoms with Gasteiger partial charge in [0.15, 0.2) is 5.78 Å². The van der Waals surface area contributed by atoms with E-state index in [1.807, 2.05) is 18.2 Å². The van der Waals surface area contributed by atoms with Crippen LogP contribution in [0.1, 0.15) is 15.9 Å². The molecule has 0 saturated heterocycles. The van der Waals surface area contributed by atoms with Crippen molar-refractivity contribution in [1.29, 1.82) is 0 Å². The zero-order valence-corrected chi connectivity index (χ0v) is 8.91. The van der Waals surface area contributed by atoms with Gasteiger partial charge in [0.05, 0.1) is 0 Å². The second kappa shape index (κ2) is 3.80. The normalized spacial score (nSPS) is 10.1. The van der Waals surface area contributed by atoms with Crippen LogP contribution in [-0.2, 0) is 0 Å². The van der Waals surface area contributed by atoms with Gasteiger partial charge in [-0.2, -0.15) is 0 Å². The lowest BCUT2D eigenvalue weighted by atomic mass is 10.1. The van der Waals surface area contributed by atoms with Crippen LogP contribution in [-0.4, -0.2) is 10.8 Å². The van der Waals surface area contributed by atoms with Crippen LogP contribution in [0.4, 0.5) is 0 Å². The van der Waals surface area contributed by atoms with Crippen LogP contribution in [0, 0.1) is 0 Å². The molecule has 0 radical (unpaired) electrons. The average molecular weight is 250 g/mol. The van der Waals surface area contributed by atoms with Crippen LogP contribution in [0.25, 0.3) is 0 Å². The molecule has 70 valence electrons. The molecule has 0 spiro atoms. The number of nitrogens with one attached hydrogen (secondary N) is 1. The molecule has 0 aliphatic heterocycles. The van der Waals surface area contributed by atoms with E-state index in [1.54, 1.807) is 24.5 Å². The maximum absolute atomic E-state index is 11.9. The highest BCUT2D eigenvalue weighted by Gasteiger charge is 2.11. The Morgan fingerprint density at radius 1 is 1.21 bits per heavy atom. The fourth-order valence-electron chi connectivity index (χ4n) is 1.27. The lowest BCUT2D eigenvalue weighted by molar-refractivity contribution is 0.103. The van der Waals surface area contributed by atoms with Gasteiger partial charge >= 0.3 is 0 Å². The number of rotatable bonds is 2. The minimum absolute atomic E-state index is 0.0266. The molecule has 0 saturated carbocycles. The Labute approximate surface area is 90.1 Å². The van der Waals surface area contributed by atoms with Crippen molar-refractivity contribution in [3.05, 3.63) is 58.3 Å². The fraction of sp³-hybridized carbons (Fsp3) is 0. The summed E-state index contributed by atoms with van der Waals surface area (Å²) in [5.74, 6) is 0.0266. The Kier molecular flexibility index (Phi) is 2.50. The molecule has 0 amide bonds. The van der Waals surface area contributed by atoms with Crippen LogP contribution in [0.2, 0.25) is 0 Å². The van der Waals surface area contributed by atoms with E-state index in [0.29, 0.717) is 11.1 Å². The van der Waals surface area contributed by atoms with Crippen molar-refractivity contribution >= 4 is 21.7 Å². The summed E-state index contributed by atoms with van der Waals surface area (Å²) in [6.45, 7) is 0. The lowest BCUT2D eigenvalue weighted by Crippen LogP contribution is -2.00. The van der Waals surface area contributed by atoms with E-state index >= 15 is 0 Å². The van der Waals surface area contributed by atoms with E-state index in [-0.39, 0.29) is 5.78 Å². The number of hydrogen-bond donors (Lipinski definition) is 1. The van der Waals surface area contributed by atoms with Gasteiger partial charge in [-0.15, -0.1) is 0 Å². The van der Waals surface area contributed by atoms with Gasteiger partial charge in [-0.3, -0.25) is 4.79 Å². The second-order valence-corrected chi connectivity index (χ2v) is 3.76. The number of benzene rings is 1. The molecule has 1 aromatic heterocycles. The third-order valence-corrected chi connectivity index (χ3v) is 2.67. The predicted octanol–water partition coefficient (Wildman–Crippen LogP) is 3.01. The molecule has 1 heterocycles. The summed E-state index contributed by atoms with van der Waals surface area (Å²) in [4.78, 5) is 14.7. The van der Waals surface area contributed by atoms with E-state index in [4.69, 9.17) is 0 Å². The summed E-state index contributed by atoms with van der Waals surface area (Å²) < 4.78 is 0.825. The van der Waals surface area contributed by atoms with Gasteiger partial charge in [-0.25, -0.2) is 0 Å². The molecule has 2 aromatic rings. The Balaban J connectivity index is 2.42. The summed E-state index contributed by atoms with van der Waals surface area (Å²) in [7, 11) is 0. The molecule has 2 rings (SSSR count). The summed E-state index contributed by atoms with van der Waals surface area (Å²) in [5.41, 5.74) is 1.36. The summed E-state index contributed by atoms with van der Waals surface area (Å²) in [6, 6.07) is 9.17. The molecule has 0 aliphatic rings. The SMILES string of the molecule is O=C(c1cc[nH]c1)c1ccccc1Br. The zero-order chi connectivity index (χ0) is 9.97. The number of hydrogen-bond acceptors (Lipinski definition) is 1. The van der Waals surface area contributed by atoms with Crippen molar-refractivity contribution in [3.8, 4) is 0 Å². The van der Waals surface area contributed by atoms with Gasteiger partial charge in [0.2, 0.25) is 0 Å². The number of halogens is 1. The molecule has 1 aromatic carbocycles. The van der Waals surface area contributed by atoms with E-state index in [2.05, 4.69) is 20.9 Å². The number of carbonyl (C=O) groups is 1. The number of carbonyl (C=O) groups excluding carboxylic acids is 1. The van der Waals surface area contributed by atoms with Gasteiger partial charge in [0.1, 0.15) is 0 Å². The first-order chi connectivity index (χ1) is 6.79. The number of aromatic nitrogens is 1. The van der Waals surface area contributed by atoms with Gasteiger partial charge in [-0.05, 0) is 18.2 Å². The molecule has 1 N–H and O–H groups in total. The van der Waals surface area contributed by atoms with Gasteiger partial charge < -0.3 is 4.98 Å². The molecule has 0 aliphatic carbocycles. The van der Waals surface area contributed by atoms with E-state index in [1.165, 1.54) is 0 Å². The number of H-pyrrole nitrogens is 1. The number of ketones is 1. The molecule has 0 unspecified atom stereocenters. The van der Waals surface area contributed by atoms with Crippen LogP contribution in [0.3, 0.4) is 0 Å². The Morgan fingerprint density at radius 2 is 2.00 bits per heavy atom. The summed E-state index contributed by atoms with van der Waals surface area (Å²) in [6.07, 6.45) is 3.44. The van der Waals surface area contributed by atoms with Gasteiger partial charge in [0, 0.05) is 28.0 Å². The van der Waals surface area contributed by atoms with Crippen molar-refractivity contribution in [1.82, 2.24) is 4.98 Å². The lowest BCUT2D eigenvalue weighted by Gasteiger charge is -2.00. The Morgan fingerprint density at radius 3 is 2.64 bits per heavy atom. The molecule has 2 nitrogen and oxygen atoms in total. The predicted molar refractivity (Wildman–Crippen MR) is 58.4 cm³/mol. The average Bonchev–Trinajstić information content (AvgIpc) is 2.70. The van der Waals surface area contributed by atoms with Crippen molar-refractivity contribution in [3.63, 3.8) is 0 Å². The van der Waals surface area contributed by atoms with Crippen molar-refractivity contribution in [2.24, 2.45) is 0 Å². The van der Waals surface area contributed by atoms with Crippen molar-refractivity contribution in [2.75, 3.05) is 0 Å². The zero-order valence-electron chi connectivity index (χ0n) is 7.33. The highest BCUT2D eigenvalue weighted by Crippen LogP contribution is 2.19. The smallest absolute Gasteiger partial charge is 0.195 e. The monoisotopic (exact) mass is 249 g/mol. The third-order valence-electron chi connectivity index (χ3n) is 1.98. The second-order valence-electron chi connectivity index (χ2n) is 2.91. The molecule has 0 fully saturated rings. The third kappa shape index (κ3) is 1.63. The Hall–Kier alpha value is -1.35. The molecule has 0 bridgehead atoms. The van der Waals surface area contributed by atoms with Crippen molar-refractivity contribution < 1.29 is 4.79 Å². The first-order valence-electron chi connectivity index (χ1n) is 4.21.